The van der Waals surface area contributed by atoms with Gasteiger partial charge >= 0.3 is 5.97 Å². The van der Waals surface area contributed by atoms with Crippen molar-refractivity contribution in [3.63, 3.8) is 0 Å². The maximum absolute atomic E-state index is 12.5. The first kappa shape index (κ1) is 69.3. The Balaban J connectivity index is 3.40. The smallest absolute Gasteiger partial charge is 0.305 e. The minimum atomic E-state index is -0.667. The summed E-state index contributed by atoms with van der Waals surface area (Å²) in [5.41, 5.74) is 0. The van der Waals surface area contributed by atoms with Crippen LogP contribution in [0.25, 0.3) is 0 Å². The summed E-state index contributed by atoms with van der Waals surface area (Å²) in [5, 5.41) is 23.4. The van der Waals surface area contributed by atoms with Gasteiger partial charge < -0.3 is 20.3 Å². The molecule has 0 aliphatic rings. The quantitative estimate of drug-likeness (QED) is 0.0320. The van der Waals surface area contributed by atoms with Crippen LogP contribution in [0.2, 0.25) is 0 Å². The number of hydrogen-bond acceptors (Lipinski definition) is 5. The Hall–Kier alpha value is -1.66. The molecule has 0 saturated carbocycles. The second-order valence-electron chi connectivity index (χ2n) is 22.1. The fourth-order valence-corrected chi connectivity index (χ4v) is 10.1. The van der Waals surface area contributed by atoms with Crippen LogP contribution in [0, 0.1) is 0 Å². The molecule has 6 heteroatoms. The van der Waals surface area contributed by atoms with E-state index in [9.17, 15) is 19.8 Å². The summed E-state index contributed by atoms with van der Waals surface area (Å²) in [5.74, 6) is -0.0389. The van der Waals surface area contributed by atoms with E-state index in [1.807, 2.05) is 0 Å². The Morgan fingerprint density at radius 3 is 1.10 bits per heavy atom. The molecule has 6 nitrogen and oxygen atoms in total. The highest BCUT2D eigenvalue weighted by molar-refractivity contribution is 5.76. The van der Waals surface area contributed by atoms with Crippen molar-refractivity contribution in [2.24, 2.45) is 0 Å². The third-order valence-corrected chi connectivity index (χ3v) is 15.0. The van der Waals surface area contributed by atoms with E-state index in [0.29, 0.717) is 25.9 Å². The molecule has 0 saturated heterocycles. The largest absolute Gasteiger partial charge is 0.466 e. The maximum atomic E-state index is 12.5. The van der Waals surface area contributed by atoms with Crippen LogP contribution in [-0.2, 0) is 14.3 Å². The molecule has 0 aromatic rings. The first-order chi connectivity index (χ1) is 35.0. The molecule has 0 fully saturated rings. The zero-order valence-electron chi connectivity index (χ0n) is 48.0. The van der Waals surface area contributed by atoms with Crippen molar-refractivity contribution in [1.29, 1.82) is 0 Å². The minimum Gasteiger partial charge on any atom is -0.466 e. The standard InChI is InChI=1S/C65H125NO5/c1-3-5-7-9-11-13-15-17-19-20-21-23-26-30-33-37-41-45-49-53-57-63(68)62(61-67)66-64(69)58-54-50-46-42-38-34-31-27-24-22-25-28-32-36-40-44-48-52-56-60-71-65(70)59-55-51-47-43-39-35-29-18-16-14-12-10-8-6-4-2/h12,14,18,29,62-63,67-68H,3-11,13,15-17,19-28,30-61H2,1-2H3,(H,66,69)/b14-12-,29-18-. The average molecular weight is 1000 g/mol. The van der Waals surface area contributed by atoms with Gasteiger partial charge in [0.15, 0.2) is 0 Å². The number of carbonyl (C=O) groups excluding carboxylic acids is 2. The van der Waals surface area contributed by atoms with Crippen LogP contribution >= 0.6 is 0 Å². The molecule has 0 heterocycles. The molecule has 420 valence electrons. The molecule has 0 spiro atoms. The van der Waals surface area contributed by atoms with Crippen LogP contribution in [0.5, 0.6) is 0 Å². The number of unbranched alkanes of at least 4 members (excludes halogenated alkanes) is 45. The van der Waals surface area contributed by atoms with Crippen LogP contribution < -0.4 is 5.32 Å². The minimum absolute atomic E-state index is 0.00419. The average Bonchev–Trinajstić information content (AvgIpc) is 3.37. The van der Waals surface area contributed by atoms with Gasteiger partial charge in [0.1, 0.15) is 0 Å². The van der Waals surface area contributed by atoms with Gasteiger partial charge in [-0.3, -0.25) is 9.59 Å². The van der Waals surface area contributed by atoms with E-state index in [-0.39, 0.29) is 18.5 Å². The van der Waals surface area contributed by atoms with Crippen LogP contribution in [0.3, 0.4) is 0 Å². The molecule has 1 amide bonds. The van der Waals surface area contributed by atoms with Gasteiger partial charge in [-0.05, 0) is 57.8 Å². The second kappa shape index (κ2) is 60.9. The number of allylic oxidation sites excluding steroid dienone is 4. The number of aliphatic hydroxyl groups excluding tert-OH is 2. The number of carbonyl (C=O) groups is 2. The molecule has 0 aliphatic carbocycles. The third-order valence-electron chi connectivity index (χ3n) is 15.0. The van der Waals surface area contributed by atoms with E-state index >= 15 is 0 Å². The molecule has 0 aliphatic heterocycles. The number of rotatable bonds is 60. The monoisotopic (exact) mass is 1000 g/mol. The van der Waals surface area contributed by atoms with Crippen molar-refractivity contribution in [3.05, 3.63) is 24.3 Å². The number of nitrogens with one attached hydrogen (secondary N) is 1. The zero-order valence-corrected chi connectivity index (χ0v) is 48.0. The highest BCUT2D eigenvalue weighted by atomic mass is 16.5. The Bertz CT molecular complexity index is 1110. The van der Waals surface area contributed by atoms with Crippen LogP contribution in [0.1, 0.15) is 354 Å². The highest BCUT2D eigenvalue weighted by Gasteiger charge is 2.20. The number of esters is 1. The van der Waals surface area contributed by atoms with Crippen LogP contribution in [0.4, 0.5) is 0 Å². The molecule has 0 rings (SSSR count). The normalized spacial score (nSPS) is 12.7. The summed E-state index contributed by atoms with van der Waals surface area (Å²) < 4.78 is 5.48. The topological polar surface area (TPSA) is 95.9 Å². The highest BCUT2D eigenvalue weighted by Crippen LogP contribution is 2.18. The zero-order chi connectivity index (χ0) is 51.4. The lowest BCUT2D eigenvalue weighted by molar-refractivity contribution is -0.143. The number of amides is 1. The fourth-order valence-electron chi connectivity index (χ4n) is 10.1. The second-order valence-corrected chi connectivity index (χ2v) is 22.1. The summed E-state index contributed by atoms with van der Waals surface area (Å²) in [6.45, 7) is 4.94. The molecule has 0 radical (unpaired) electrons. The molecular weight excluding hydrogens is 875 g/mol. The number of ether oxygens (including phenoxy) is 1. The van der Waals surface area contributed by atoms with Crippen LogP contribution in [-0.4, -0.2) is 47.4 Å². The van der Waals surface area contributed by atoms with Crippen molar-refractivity contribution in [2.45, 2.75) is 366 Å². The third kappa shape index (κ3) is 57.5. The van der Waals surface area contributed by atoms with Gasteiger partial charge in [-0.15, -0.1) is 0 Å². The Labute approximate surface area is 443 Å². The van der Waals surface area contributed by atoms with E-state index in [1.165, 1.54) is 270 Å². The molecular formula is C65H125NO5. The van der Waals surface area contributed by atoms with Gasteiger partial charge in [0.2, 0.25) is 5.91 Å². The van der Waals surface area contributed by atoms with Gasteiger partial charge in [-0.1, -0.05) is 308 Å². The van der Waals surface area contributed by atoms with Gasteiger partial charge in [0.05, 0.1) is 25.4 Å². The van der Waals surface area contributed by atoms with E-state index in [2.05, 4.69) is 43.5 Å². The predicted octanol–water partition coefficient (Wildman–Crippen LogP) is 20.2. The Kier molecular flexibility index (Phi) is 59.5. The molecule has 0 aromatic carbocycles. The van der Waals surface area contributed by atoms with Crippen molar-refractivity contribution < 1.29 is 24.5 Å². The Morgan fingerprint density at radius 2 is 0.704 bits per heavy atom. The maximum Gasteiger partial charge on any atom is 0.305 e. The van der Waals surface area contributed by atoms with Crippen molar-refractivity contribution in [1.82, 2.24) is 5.32 Å². The van der Waals surface area contributed by atoms with Crippen LogP contribution in [0.15, 0.2) is 24.3 Å². The first-order valence-electron chi connectivity index (χ1n) is 32.1. The van der Waals surface area contributed by atoms with Crippen molar-refractivity contribution in [3.8, 4) is 0 Å². The summed E-state index contributed by atoms with van der Waals surface area (Å²) in [6, 6.07) is -0.545. The SMILES string of the molecule is CCCCC/C=C\C/C=C\CCCCCCCC(=O)OCCCCCCCCCCCCCCCCCCCCCC(=O)NC(CO)C(O)CCCCCCCCCCCCCCCCCCCCCC. The first-order valence-corrected chi connectivity index (χ1v) is 32.1. The molecule has 0 bridgehead atoms. The van der Waals surface area contributed by atoms with Gasteiger partial charge in [-0.25, -0.2) is 0 Å². The van der Waals surface area contributed by atoms with E-state index in [4.69, 9.17) is 4.74 Å². The van der Waals surface area contributed by atoms with E-state index in [0.717, 1.165) is 51.4 Å². The number of aliphatic hydroxyl groups is 2. The van der Waals surface area contributed by atoms with Gasteiger partial charge in [0.25, 0.3) is 0 Å². The van der Waals surface area contributed by atoms with E-state index < -0.39 is 12.1 Å². The predicted molar refractivity (Wildman–Crippen MR) is 310 cm³/mol. The molecule has 2 atom stereocenters. The fraction of sp³-hybridized carbons (Fsp3) is 0.908. The summed E-state index contributed by atoms with van der Waals surface area (Å²) in [6.07, 6.45) is 74.7. The van der Waals surface area contributed by atoms with Gasteiger partial charge in [0, 0.05) is 12.8 Å². The van der Waals surface area contributed by atoms with E-state index in [1.54, 1.807) is 0 Å². The summed E-state index contributed by atoms with van der Waals surface area (Å²) in [4.78, 5) is 24.6. The summed E-state index contributed by atoms with van der Waals surface area (Å²) in [7, 11) is 0. The molecule has 3 N–H and O–H groups in total. The van der Waals surface area contributed by atoms with Crippen molar-refractivity contribution >= 4 is 11.9 Å². The number of hydrogen-bond donors (Lipinski definition) is 3. The lowest BCUT2D eigenvalue weighted by Gasteiger charge is -2.22. The molecule has 71 heavy (non-hydrogen) atoms. The molecule has 2 unspecified atom stereocenters. The van der Waals surface area contributed by atoms with Gasteiger partial charge in [-0.2, -0.15) is 0 Å². The molecule has 0 aromatic heterocycles. The lowest BCUT2D eigenvalue weighted by atomic mass is 10.0. The van der Waals surface area contributed by atoms with Crippen molar-refractivity contribution in [2.75, 3.05) is 13.2 Å². The Morgan fingerprint density at radius 1 is 0.394 bits per heavy atom. The lowest BCUT2D eigenvalue weighted by Crippen LogP contribution is -2.45. The summed E-state index contributed by atoms with van der Waals surface area (Å²) >= 11 is 0.